The lowest BCUT2D eigenvalue weighted by Gasteiger charge is -2.36. The van der Waals surface area contributed by atoms with Crippen LogP contribution in [0.2, 0.25) is 0 Å². The van der Waals surface area contributed by atoms with Gasteiger partial charge in [0, 0.05) is 17.8 Å². The average Bonchev–Trinajstić information content (AvgIpc) is 2.63. The predicted octanol–water partition coefficient (Wildman–Crippen LogP) is 6.46. The molecule has 0 radical (unpaired) electrons. The minimum atomic E-state index is 0.217. The molecule has 0 aliphatic heterocycles. The number of hydrogen-bond donors (Lipinski definition) is 0. The Morgan fingerprint density at radius 2 is 1.34 bits per heavy atom. The molecule has 1 atom stereocenters. The van der Waals surface area contributed by atoms with Crippen LogP contribution in [0.1, 0.15) is 74.7 Å². The highest BCUT2D eigenvalue weighted by Crippen LogP contribution is 2.40. The lowest BCUT2D eigenvalue weighted by molar-refractivity contribution is 0.195. The van der Waals surface area contributed by atoms with Crippen molar-refractivity contribution in [2.75, 3.05) is 60.9 Å². The topological polar surface area (TPSA) is 22.1 Å². The SMILES string of the molecule is C=C/C=C(\N=CC)C(CC(C)(C)C)C(C)(C)C.CCN(CCCN(C)C)CCCN(C)C. The van der Waals surface area contributed by atoms with Crippen LogP contribution in [0, 0.1) is 16.7 Å². The van der Waals surface area contributed by atoms with E-state index in [0.29, 0.717) is 11.3 Å². The molecule has 0 aliphatic carbocycles. The van der Waals surface area contributed by atoms with E-state index in [4.69, 9.17) is 0 Å². The molecule has 0 N–H and O–H groups in total. The maximum absolute atomic E-state index is 4.53. The molecule has 32 heavy (non-hydrogen) atoms. The van der Waals surface area contributed by atoms with Gasteiger partial charge in [0.2, 0.25) is 0 Å². The Hall–Kier alpha value is -0.970. The Morgan fingerprint density at radius 3 is 1.62 bits per heavy atom. The zero-order valence-corrected chi connectivity index (χ0v) is 24.0. The van der Waals surface area contributed by atoms with Crippen LogP contribution in [-0.4, -0.2) is 81.8 Å². The first-order chi connectivity index (χ1) is 14.7. The molecule has 4 heteroatoms. The van der Waals surface area contributed by atoms with E-state index in [-0.39, 0.29) is 5.41 Å². The van der Waals surface area contributed by atoms with Crippen molar-refractivity contribution in [2.45, 2.75) is 74.7 Å². The fourth-order valence-electron chi connectivity index (χ4n) is 3.63. The average molecular weight is 451 g/mol. The van der Waals surface area contributed by atoms with Crippen LogP contribution in [0.15, 0.2) is 29.4 Å². The monoisotopic (exact) mass is 450 g/mol. The Kier molecular flexibility index (Phi) is 18.2. The van der Waals surface area contributed by atoms with E-state index in [9.17, 15) is 0 Å². The molecule has 0 spiro atoms. The maximum Gasteiger partial charge on any atom is 0.0435 e. The maximum atomic E-state index is 4.53. The Balaban J connectivity index is 0. The number of nitrogens with zero attached hydrogens (tertiary/aromatic N) is 4. The van der Waals surface area contributed by atoms with Gasteiger partial charge in [0.25, 0.3) is 0 Å². The van der Waals surface area contributed by atoms with Gasteiger partial charge in [-0.15, -0.1) is 0 Å². The molecule has 0 aliphatic rings. The third kappa shape index (κ3) is 19.7. The fourth-order valence-corrected chi connectivity index (χ4v) is 3.63. The van der Waals surface area contributed by atoms with Crippen LogP contribution in [0.5, 0.6) is 0 Å². The van der Waals surface area contributed by atoms with E-state index in [1.807, 2.05) is 25.3 Å². The molecular formula is C28H58N4. The third-order valence-electron chi connectivity index (χ3n) is 5.39. The van der Waals surface area contributed by atoms with E-state index < -0.39 is 0 Å². The van der Waals surface area contributed by atoms with E-state index in [1.54, 1.807) is 0 Å². The summed E-state index contributed by atoms with van der Waals surface area (Å²) in [5, 5.41) is 0. The van der Waals surface area contributed by atoms with Gasteiger partial charge in [0.15, 0.2) is 0 Å². The first-order valence-corrected chi connectivity index (χ1v) is 12.5. The zero-order valence-electron chi connectivity index (χ0n) is 24.0. The highest BCUT2D eigenvalue weighted by Gasteiger charge is 2.31. The van der Waals surface area contributed by atoms with E-state index in [2.05, 4.69) is 103 Å². The lowest BCUT2D eigenvalue weighted by Crippen LogP contribution is -2.30. The molecule has 0 fully saturated rings. The molecule has 0 aromatic carbocycles. The van der Waals surface area contributed by atoms with Crippen molar-refractivity contribution in [3.63, 3.8) is 0 Å². The summed E-state index contributed by atoms with van der Waals surface area (Å²) < 4.78 is 0. The van der Waals surface area contributed by atoms with Crippen molar-refractivity contribution in [2.24, 2.45) is 21.7 Å². The standard InChI is InChI=1S/C16H29N.C12H29N3/c1-9-11-14(17-10-2)13(16(6,7)8)12-15(3,4)5;1-6-15(11-7-9-13(2)3)12-8-10-14(4)5/h9-11,13H,1,12H2,2-8H3;6-12H2,1-5H3/b14-11-,17-10?;. The Morgan fingerprint density at radius 1 is 0.875 bits per heavy atom. The van der Waals surface area contributed by atoms with Crippen LogP contribution in [0.4, 0.5) is 0 Å². The molecule has 0 amide bonds. The van der Waals surface area contributed by atoms with Gasteiger partial charge in [-0.05, 0) is 104 Å². The third-order valence-corrected chi connectivity index (χ3v) is 5.39. The van der Waals surface area contributed by atoms with Crippen LogP contribution in [0.25, 0.3) is 0 Å². The van der Waals surface area contributed by atoms with Gasteiger partial charge in [-0.25, -0.2) is 0 Å². The van der Waals surface area contributed by atoms with Crippen LogP contribution < -0.4 is 0 Å². The molecule has 0 aromatic heterocycles. The summed E-state index contributed by atoms with van der Waals surface area (Å²) in [6, 6.07) is 0. The first kappa shape index (κ1) is 33.2. The van der Waals surface area contributed by atoms with Gasteiger partial charge in [0.1, 0.15) is 0 Å². The lowest BCUT2D eigenvalue weighted by atomic mass is 9.70. The van der Waals surface area contributed by atoms with Crippen molar-refractivity contribution in [3.05, 3.63) is 24.4 Å². The molecule has 190 valence electrons. The summed E-state index contributed by atoms with van der Waals surface area (Å²) in [4.78, 5) is 11.6. The van der Waals surface area contributed by atoms with Gasteiger partial charge in [0.05, 0.1) is 0 Å². The molecule has 0 aromatic rings. The van der Waals surface area contributed by atoms with Gasteiger partial charge in [-0.3, -0.25) is 4.99 Å². The quantitative estimate of drug-likeness (QED) is 0.237. The Labute approximate surface area is 202 Å². The largest absolute Gasteiger partial charge is 0.309 e. The highest BCUT2D eigenvalue weighted by atomic mass is 15.1. The van der Waals surface area contributed by atoms with Crippen molar-refractivity contribution in [1.29, 1.82) is 0 Å². The summed E-state index contributed by atoms with van der Waals surface area (Å²) in [5.41, 5.74) is 1.67. The van der Waals surface area contributed by atoms with E-state index >= 15 is 0 Å². The normalized spacial score (nSPS) is 14.3. The number of allylic oxidation sites excluding steroid dienone is 3. The van der Waals surface area contributed by atoms with Crippen molar-refractivity contribution in [1.82, 2.24) is 14.7 Å². The van der Waals surface area contributed by atoms with Crippen LogP contribution in [-0.2, 0) is 0 Å². The van der Waals surface area contributed by atoms with Crippen molar-refractivity contribution >= 4 is 6.21 Å². The van der Waals surface area contributed by atoms with Gasteiger partial charge < -0.3 is 14.7 Å². The Bertz CT molecular complexity index is 505. The summed E-state index contributed by atoms with van der Waals surface area (Å²) in [6.07, 6.45) is 9.45. The minimum Gasteiger partial charge on any atom is -0.309 e. The highest BCUT2D eigenvalue weighted by molar-refractivity contribution is 5.55. The predicted molar refractivity (Wildman–Crippen MR) is 148 cm³/mol. The molecule has 0 heterocycles. The molecule has 0 saturated carbocycles. The summed E-state index contributed by atoms with van der Waals surface area (Å²) >= 11 is 0. The second-order valence-electron chi connectivity index (χ2n) is 11.6. The number of aliphatic imine (C=N–C) groups is 1. The molecule has 0 bridgehead atoms. The zero-order chi connectivity index (χ0) is 25.4. The second-order valence-corrected chi connectivity index (χ2v) is 11.6. The van der Waals surface area contributed by atoms with Gasteiger partial charge in [-0.2, -0.15) is 0 Å². The van der Waals surface area contributed by atoms with Crippen LogP contribution >= 0.6 is 0 Å². The van der Waals surface area contributed by atoms with Gasteiger partial charge >= 0.3 is 0 Å². The van der Waals surface area contributed by atoms with Crippen molar-refractivity contribution < 1.29 is 0 Å². The molecule has 0 saturated heterocycles. The smallest absolute Gasteiger partial charge is 0.0435 e. The number of rotatable bonds is 13. The van der Waals surface area contributed by atoms with Gasteiger partial charge in [-0.1, -0.05) is 61.1 Å². The fraction of sp³-hybridized carbons (Fsp3) is 0.821. The van der Waals surface area contributed by atoms with E-state index in [0.717, 1.165) is 12.1 Å². The number of hydrogen-bond acceptors (Lipinski definition) is 4. The van der Waals surface area contributed by atoms with Crippen LogP contribution in [0.3, 0.4) is 0 Å². The van der Waals surface area contributed by atoms with E-state index in [1.165, 1.54) is 45.6 Å². The van der Waals surface area contributed by atoms with Crippen molar-refractivity contribution in [3.8, 4) is 0 Å². The molecule has 0 rings (SSSR count). The molecular weight excluding hydrogens is 392 g/mol. The summed E-state index contributed by atoms with van der Waals surface area (Å²) in [7, 11) is 8.56. The summed E-state index contributed by atoms with van der Waals surface area (Å²) in [5.74, 6) is 0.455. The minimum absolute atomic E-state index is 0.217. The summed E-state index contributed by atoms with van der Waals surface area (Å²) in [6.45, 7) is 27.8. The first-order valence-electron chi connectivity index (χ1n) is 12.5. The molecule has 1 unspecified atom stereocenters. The molecule has 4 nitrogen and oxygen atoms in total. The second kappa shape index (κ2) is 17.5.